The van der Waals surface area contributed by atoms with Crippen molar-refractivity contribution in [3.63, 3.8) is 0 Å². The molecule has 0 unspecified atom stereocenters. The van der Waals surface area contributed by atoms with Gasteiger partial charge in [0, 0.05) is 38.3 Å². The molecule has 1 aliphatic heterocycles. The number of hydrogen-bond donors (Lipinski definition) is 1. The van der Waals surface area contributed by atoms with Gasteiger partial charge in [-0.05, 0) is 25.7 Å². The van der Waals surface area contributed by atoms with Crippen molar-refractivity contribution >= 4 is 0 Å². The van der Waals surface area contributed by atoms with E-state index in [1.807, 2.05) is 0 Å². The lowest BCUT2D eigenvalue weighted by atomic mass is 9.91. The van der Waals surface area contributed by atoms with E-state index >= 15 is 0 Å². The second kappa shape index (κ2) is 4.63. The summed E-state index contributed by atoms with van der Waals surface area (Å²) in [5.41, 5.74) is 0. The molecule has 2 atom stereocenters. The lowest BCUT2D eigenvalue weighted by Crippen LogP contribution is -2.54. The van der Waals surface area contributed by atoms with E-state index < -0.39 is 0 Å². The van der Waals surface area contributed by atoms with Gasteiger partial charge < -0.3 is 5.11 Å². The third-order valence-electron chi connectivity index (χ3n) is 4.58. The molecule has 2 aliphatic carbocycles. The first-order valence-electron chi connectivity index (χ1n) is 7.01. The predicted molar refractivity (Wildman–Crippen MR) is 64.4 cm³/mol. The van der Waals surface area contributed by atoms with Crippen LogP contribution >= 0.6 is 0 Å². The van der Waals surface area contributed by atoms with E-state index in [0.717, 1.165) is 12.5 Å². The Bertz CT molecular complexity index is 234. The molecule has 1 saturated heterocycles. The van der Waals surface area contributed by atoms with Crippen LogP contribution in [0.3, 0.4) is 0 Å². The Morgan fingerprint density at radius 2 is 1.38 bits per heavy atom. The molecule has 0 aromatic carbocycles. The van der Waals surface area contributed by atoms with Gasteiger partial charge in [-0.3, -0.25) is 9.80 Å². The smallest absolute Gasteiger partial charge is 0.0695 e. The Kier molecular flexibility index (Phi) is 3.18. The average Bonchev–Trinajstić information content (AvgIpc) is 3.14. The van der Waals surface area contributed by atoms with Crippen molar-refractivity contribution in [2.45, 2.75) is 56.7 Å². The SMILES string of the molecule is O[C@@H]1CCCC[C@H]1N1CCN(C2CC2)CC1. The molecule has 92 valence electrons. The quantitative estimate of drug-likeness (QED) is 0.760. The average molecular weight is 224 g/mol. The summed E-state index contributed by atoms with van der Waals surface area (Å²) in [5, 5.41) is 10.1. The summed E-state index contributed by atoms with van der Waals surface area (Å²) >= 11 is 0. The van der Waals surface area contributed by atoms with E-state index in [2.05, 4.69) is 9.80 Å². The van der Waals surface area contributed by atoms with E-state index in [9.17, 15) is 5.11 Å². The number of aliphatic hydroxyl groups is 1. The Morgan fingerprint density at radius 3 is 2.00 bits per heavy atom. The zero-order valence-corrected chi connectivity index (χ0v) is 10.1. The predicted octanol–water partition coefficient (Wildman–Crippen LogP) is 1.07. The summed E-state index contributed by atoms with van der Waals surface area (Å²) in [6.07, 6.45) is 7.56. The van der Waals surface area contributed by atoms with E-state index in [0.29, 0.717) is 6.04 Å². The van der Waals surface area contributed by atoms with Gasteiger partial charge in [0.25, 0.3) is 0 Å². The van der Waals surface area contributed by atoms with Crippen molar-refractivity contribution in [3.05, 3.63) is 0 Å². The molecule has 3 aliphatic rings. The van der Waals surface area contributed by atoms with Gasteiger partial charge in [0.2, 0.25) is 0 Å². The highest BCUT2D eigenvalue weighted by Crippen LogP contribution is 2.29. The van der Waals surface area contributed by atoms with E-state index in [1.165, 1.54) is 58.3 Å². The van der Waals surface area contributed by atoms with Crippen LogP contribution in [-0.4, -0.2) is 59.3 Å². The summed E-state index contributed by atoms with van der Waals surface area (Å²) in [6.45, 7) is 4.82. The minimum absolute atomic E-state index is 0.0544. The van der Waals surface area contributed by atoms with Crippen LogP contribution in [0.15, 0.2) is 0 Å². The molecule has 16 heavy (non-hydrogen) atoms. The van der Waals surface area contributed by atoms with Crippen molar-refractivity contribution in [2.24, 2.45) is 0 Å². The zero-order valence-electron chi connectivity index (χ0n) is 10.1. The molecular weight excluding hydrogens is 200 g/mol. The molecule has 0 aromatic heterocycles. The van der Waals surface area contributed by atoms with Crippen molar-refractivity contribution in [1.82, 2.24) is 9.80 Å². The first-order chi connectivity index (χ1) is 7.84. The molecular formula is C13H24N2O. The zero-order chi connectivity index (χ0) is 11.0. The van der Waals surface area contributed by atoms with Crippen LogP contribution in [0, 0.1) is 0 Å². The molecule has 2 saturated carbocycles. The molecule has 0 radical (unpaired) electrons. The van der Waals surface area contributed by atoms with Crippen molar-refractivity contribution in [1.29, 1.82) is 0 Å². The number of aliphatic hydroxyl groups excluding tert-OH is 1. The summed E-state index contributed by atoms with van der Waals surface area (Å²) in [6, 6.07) is 1.38. The largest absolute Gasteiger partial charge is 0.391 e. The van der Waals surface area contributed by atoms with E-state index in [-0.39, 0.29) is 6.10 Å². The number of hydrogen-bond acceptors (Lipinski definition) is 3. The molecule has 3 nitrogen and oxygen atoms in total. The van der Waals surface area contributed by atoms with E-state index in [1.54, 1.807) is 0 Å². The summed E-state index contributed by atoms with van der Waals surface area (Å²) in [4.78, 5) is 5.19. The highest BCUT2D eigenvalue weighted by atomic mass is 16.3. The molecule has 3 rings (SSSR count). The topological polar surface area (TPSA) is 26.7 Å². The number of nitrogens with zero attached hydrogens (tertiary/aromatic N) is 2. The third-order valence-corrected chi connectivity index (χ3v) is 4.58. The molecule has 0 bridgehead atoms. The molecule has 0 aromatic rings. The fourth-order valence-corrected chi connectivity index (χ4v) is 3.39. The van der Waals surface area contributed by atoms with Crippen LogP contribution in [0.1, 0.15) is 38.5 Å². The minimum Gasteiger partial charge on any atom is -0.391 e. The van der Waals surface area contributed by atoms with Gasteiger partial charge in [0.15, 0.2) is 0 Å². The van der Waals surface area contributed by atoms with Gasteiger partial charge in [0.05, 0.1) is 6.10 Å². The second-order valence-corrected chi connectivity index (χ2v) is 5.72. The van der Waals surface area contributed by atoms with Crippen LogP contribution < -0.4 is 0 Å². The first kappa shape index (κ1) is 11.0. The van der Waals surface area contributed by atoms with Crippen molar-refractivity contribution in [3.8, 4) is 0 Å². The van der Waals surface area contributed by atoms with Crippen molar-refractivity contribution in [2.75, 3.05) is 26.2 Å². The molecule has 0 spiro atoms. The van der Waals surface area contributed by atoms with Gasteiger partial charge in [-0.2, -0.15) is 0 Å². The molecule has 3 heteroatoms. The fraction of sp³-hybridized carbons (Fsp3) is 1.00. The Labute approximate surface area is 98.4 Å². The van der Waals surface area contributed by atoms with Gasteiger partial charge in [-0.25, -0.2) is 0 Å². The van der Waals surface area contributed by atoms with Gasteiger partial charge in [0.1, 0.15) is 0 Å². The second-order valence-electron chi connectivity index (χ2n) is 5.72. The molecule has 3 fully saturated rings. The van der Waals surface area contributed by atoms with Crippen LogP contribution in [0.4, 0.5) is 0 Å². The van der Waals surface area contributed by atoms with E-state index in [4.69, 9.17) is 0 Å². The Balaban J connectivity index is 1.51. The Hall–Kier alpha value is -0.120. The van der Waals surface area contributed by atoms with Crippen LogP contribution in [0.25, 0.3) is 0 Å². The first-order valence-corrected chi connectivity index (χ1v) is 7.01. The Morgan fingerprint density at radius 1 is 0.750 bits per heavy atom. The fourth-order valence-electron chi connectivity index (χ4n) is 3.39. The molecule has 0 amide bonds. The number of rotatable bonds is 2. The monoisotopic (exact) mass is 224 g/mol. The van der Waals surface area contributed by atoms with Crippen LogP contribution in [-0.2, 0) is 0 Å². The lowest BCUT2D eigenvalue weighted by Gasteiger charge is -2.42. The summed E-state index contributed by atoms with van der Waals surface area (Å²) in [7, 11) is 0. The third kappa shape index (κ3) is 2.27. The number of piperazine rings is 1. The van der Waals surface area contributed by atoms with Crippen LogP contribution in [0.5, 0.6) is 0 Å². The molecule has 1 heterocycles. The van der Waals surface area contributed by atoms with Gasteiger partial charge >= 0.3 is 0 Å². The highest BCUT2D eigenvalue weighted by molar-refractivity contribution is 4.91. The maximum atomic E-state index is 10.1. The molecule has 1 N–H and O–H groups in total. The lowest BCUT2D eigenvalue weighted by molar-refractivity contribution is -0.00473. The minimum atomic E-state index is -0.0544. The highest BCUT2D eigenvalue weighted by Gasteiger charge is 2.35. The van der Waals surface area contributed by atoms with Crippen molar-refractivity contribution < 1.29 is 5.11 Å². The van der Waals surface area contributed by atoms with Crippen LogP contribution in [0.2, 0.25) is 0 Å². The van der Waals surface area contributed by atoms with Gasteiger partial charge in [-0.1, -0.05) is 12.8 Å². The standard InChI is InChI=1S/C13H24N2O/c16-13-4-2-1-3-12(13)15-9-7-14(8-10-15)11-5-6-11/h11-13,16H,1-10H2/t12-,13-/m1/s1. The summed E-state index contributed by atoms with van der Waals surface area (Å²) in [5.74, 6) is 0. The normalized spacial score (nSPS) is 38.8. The van der Waals surface area contributed by atoms with Gasteiger partial charge in [-0.15, -0.1) is 0 Å². The maximum absolute atomic E-state index is 10.1. The maximum Gasteiger partial charge on any atom is 0.0695 e. The summed E-state index contributed by atoms with van der Waals surface area (Å²) < 4.78 is 0.